The molecule has 4 nitrogen and oxygen atoms in total. The number of carbonyl (C=O) groups is 2. The van der Waals surface area contributed by atoms with Crippen LogP contribution in [0.5, 0.6) is 0 Å². The molecule has 1 unspecified atom stereocenters. The number of hydrogen-bond donors (Lipinski definition) is 1. The Kier molecular flexibility index (Phi) is 6.58. The van der Waals surface area contributed by atoms with Gasteiger partial charge in [0.15, 0.2) is 0 Å². The van der Waals surface area contributed by atoms with Gasteiger partial charge in [0.2, 0.25) is 0 Å². The lowest BCUT2D eigenvalue weighted by Gasteiger charge is -2.07. The summed E-state index contributed by atoms with van der Waals surface area (Å²) in [6.07, 6.45) is 1.05. The van der Waals surface area contributed by atoms with Crippen LogP contribution in [-0.4, -0.2) is 28.5 Å². The van der Waals surface area contributed by atoms with E-state index in [9.17, 15) is 9.59 Å². The molecule has 0 aromatic heterocycles. The highest BCUT2D eigenvalue weighted by atomic mass is 79.9. The van der Waals surface area contributed by atoms with Crippen LogP contribution in [0.15, 0.2) is 0 Å². The maximum absolute atomic E-state index is 11.0. The zero-order valence-electron chi connectivity index (χ0n) is 7.46. The summed E-state index contributed by atoms with van der Waals surface area (Å²) in [5.74, 6) is -1.17. The summed E-state index contributed by atoms with van der Waals surface area (Å²) >= 11 is 3.13. The Morgan fingerprint density at radius 3 is 2.62 bits per heavy atom. The predicted octanol–water partition coefficient (Wildman–Crippen LogP) is 1.57. The molecule has 0 aliphatic carbocycles. The van der Waals surface area contributed by atoms with Crippen molar-refractivity contribution in [3.63, 3.8) is 0 Å². The van der Waals surface area contributed by atoms with Crippen molar-refractivity contribution in [3.8, 4) is 0 Å². The van der Waals surface area contributed by atoms with Crippen molar-refractivity contribution in [2.24, 2.45) is 0 Å². The Hall–Kier alpha value is -0.580. The lowest BCUT2D eigenvalue weighted by atomic mass is 10.2. The smallest absolute Gasteiger partial charge is 0.319 e. The third-order valence-corrected chi connectivity index (χ3v) is 2.22. The lowest BCUT2D eigenvalue weighted by Crippen LogP contribution is -2.17. The number of ether oxygens (including phenoxy) is 1. The Labute approximate surface area is 85.4 Å². The number of aliphatic carboxylic acids is 1. The van der Waals surface area contributed by atoms with Crippen molar-refractivity contribution in [2.75, 3.05) is 6.61 Å². The number of carbonyl (C=O) groups excluding carboxylic acids is 1. The van der Waals surface area contributed by atoms with E-state index < -0.39 is 5.97 Å². The van der Waals surface area contributed by atoms with Crippen LogP contribution in [0, 0.1) is 0 Å². The van der Waals surface area contributed by atoms with Gasteiger partial charge in [0.25, 0.3) is 0 Å². The van der Waals surface area contributed by atoms with Gasteiger partial charge in [0, 0.05) is 6.42 Å². The molecule has 1 N–H and O–H groups in total. The highest BCUT2D eigenvalue weighted by Crippen LogP contribution is 2.11. The molecule has 0 bridgehead atoms. The van der Waals surface area contributed by atoms with Gasteiger partial charge in [0.1, 0.15) is 4.83 Å². The summed E-state index contributed by atoms with van der Waals surface area (Å²) in [6.45, 7) is 2.08. The van der Waals surface area contributed by atoms with Gasteiger partial charge in [0.05, 0.1) is 6.61 Å². The van der Waals surface area contributed by atoms with Crippen molar-refractivity contribution in [3.05, 3.63) is 0 Å². The van der Waals surface area contributed by atoms with Crippen LogP contribution in [-0.2, 0) is 14.3 Å². The highest BCUT2D eigenvalue weighted by molar-refractivity contribution is 9.10. The molecule has 0 aliphatic rings. The number of halogens is 1. The van der Waals surface area contributed by atoms with Gasteiger partial charge < -0.3 is 9.84 Å². The predicted molar refractivity (Wildman–Crippen MR) is 50.8 cm³/mol. The SMILES string of the molecule is CCOC(=O)C(Br)CCCC(=O)O. The molecular formula is C8H13BrO4. The number of rotatable bonds is 6. The average Bonchev–Trinajstić information content (AvgIpc) is 2.04. The summed E-state index contributed by atoms with van der Waals surface area (Å²) in [6, 6.07) is 0. The summed E-state index contributed by atoms with van der Waals surface area (Å²) in [5.41, 5.74) is 0. The number of esters is 1. The lowest BCUT2D eigenvalue weighted by molar-refractivity contribution is -0.143. The summed E-state index contributed by atoms with van der Waals surface area (Å²) < 4.78 is 4.73. The molecule has 0 aromatic rings. The normalized spacial score (nSPS) is 12.2. The van der Waals surface area contributed by atoms with Crippen LogP contribution in [0.3, 0.4) is 0 Å². The zero-order valence-corrected chi connectivity index (χ0v) is 9.04. The van der Waals surface area contributed by atoms with Gasteiger partial charge >= 0.3 is 11.9 Å². The molecule has 0 radical (unpaired) electrons. The summed E-state index contributed by atoms with van der Waals surface area (Å²) in [5, 5.41) is 8.34. The maximum atomic E-state index is 11.0. The van der Waals surface area contributed by atoms with Crippen molar-refractivity contribution >= 4 is 27.9 Å². The molecule has 0 rings (SSSR count). The highest BCUT2D eigenvalue weighted by Gasteiger charge is 2.15. The first-order chi connectivity index (χ1) is 6.07. The van der Waals surface area contributed by atoms with Crippen LogP contribution in [0.25, 0.3) is 0 Å². The van der Waals surface area contributed by atoms with Gasteiger partial charge in [-0.25, -0.2) is 0 Å². The Balaban J connectivity index is 3.55. The second kappa shape index (κ2) is 6.88. The molecule has 0 fully saturated rings. The second-order valence-electron chi connectivity index (χ2n) is 2.51. The van der Waals surface area contributed by atoms with E-state index >= 15 is 0 Å². The first-order valence-corrected chi connectivity index (χ1v) is 5.02. The molecule has 0 heterocycles. The molecule has 0 spiro atoms. The molecular weight excluding hydrogens is 240 g/mol. The largest absolute Gasteiger partial charge is 0.481 e. The monoisotopic (exact) mass is 252 g/mol. The van der Waals surface area contributed by atoms with E-state index in [1.165, 1.54) is 0 Å². The fourth-order valence-electron chi connectivity index (χ4n) is 0.783. The third-order valence-electron chi connectivity index (χ3n) is 1.39. The van der Waals surface area contributed by atoms with Crippen molar-refractivity contribution in [1.29, 1.82) is 0 Å². The van der Waals surface area contributed by atoms with E-state index in [-0.39, 0.29) is 17.2 Å². The van der Waals surface area contributed by atoms with Gasteiger partial charge in [-0.2, -0.15) is 0 Å². The molecule has 5 heteroatoms. The first kappa shape index (κ1) is 12.4. The van der Waals surface area contributed by atoms with Crippen molar-refractivity contribution in [1.82, 2.24) is 0 Å². The van der Waals surface area contributed by atoms with Crippen LogP contribution >= 0.6 is 15.9 Å². The number of alkyl halides is 1. The topological polar surface area (TPSA) is 63.6 Å². The van der Waals surface area contributed by atoms with Crippen LogP contribution in [0.2, 0.25) is 0 Å². The van der Waals surface area contributed by atoms with Gasteiger partial charge in [-0.1, -0.05) is 15.9 Å². The second-order valence-corrected chi connectivity index (χ2v) is 3.61. The van der Waals surface area contributed by atoms with Crippen molar-refractivity contribution in [2.45, 2.75) is 31.0 Å². The third kappa shape index (κ3) is 6.57. The standard InChI is InChI=1S/C8H13BrO4/c1-2-13-8(12)6(9)4-3-5-7(10)11/h6H,2-5H2,1H3,(H,10,11). The molecule has 76 valence electrons. The maximum Gasteiger partial charge on any atom is 0.319 e. The van der Waals surface area contributed by atoms with E-state index in [0.717, 1.165) is 0 Å². The minimum atomic E-state index is -0.844. The molecule has 0 amide bonds. The molecule has 0 saturated carbocycles. The minimum Gasteiger partial charge on any atom is -0.481 e. The quantitative estimate of drug-likeness (QED) is 0.576. The van der Waals surface area contributed by atoms with Gasteiger partial charge in [-0.05, 0) is 19.8 Å². The van der Waals surface area contributed by atoms with E-state index in [4.69, 9.17) is 9.84 Å². The Morgan fingerprint density at radius 1 is 1.54 bits per heavy atom. The minimum absolute atomic E-state index is 0.0848. The number of carboxylic acids is 1. The van der Waals surface area contributed by atoms with Gasteiger partial charge in [-0.3, -0.25) is 9.59 Å². The van der Waals surface area contributed by atoms with E-state index in [1.807, 2.05) is 0 Å². The Morgan fingerprint density at radius 2 is 2.15 bits per heavy atom. The van der Waals surface area contributed by atoms with Crippen LogP contribution in [0.1, 0.15) is 26.2 Å². The van der Waals surface area contributed by atoms with Crippen LogP contribution < -0.4 is 0 Å². The summed E-state index contributed by atoms with van der Waals surface area (Å²) in [4.78, 5) is 20.8. The van der Waals surface area contributed by atoms with Crippen LogP contribution in [0.4, 0.5) is 0 Å². The molecule has 13 heavy (non-hydrogen) atoms. The van der Waals surface area contributed by atoms with E-state index in [2.05, 4.69) is 15.9 Å². The Bertz CT molecular complexity index is 181. The molecule has 0 aliphatic heterocycles. The average molecular weight is 253 g/mol. The number of hydrogen-bond acceptors (Lipinski definition) is 3. The number of carboxylic acid groups (broad SMARTS) is 1. The van der Waals surface area contributed by atoms with E-state index in [0.29, 0.717) is 19.4 Å². The van der Waals surface area contributed by atoms with Gasteiger partial charge in [-0.15, -0.1) is 0 Å². The zero-order chi connectivity index (χ0) is 10.3. The molecule has 1 atom stereocenters. The van der Waals surface area contributed by atoms with E-state index in [1.54, 1.807) is 6.92 Å². The fourth-order valence-corrected chi connectivity index (χ4v) is 1.24. The summed E-state index contributed by atoms with van der Waals surface area (Å²) in [7, 11) is 0. The fraction of sp³-hybridized carbons (Fsp3) is 0.750. The van der Waals surface area contributed by atoms with Crippen molar-refractivity contribution < 1.29 is 19.4 Å². The first-order valence-electron chi connectivity index (χ1n) is 4.10. The molecule has 0 saturated heterocycles. The molecule has 0 aromatic carbocycles.